The summed E-state index contributed by atoms with van der Waals surface area (Å²) in [6.45, 7) is 3.90. The number of ether oxygens (including phenoxy) is 2. The monoisotopic (exact) mass is 496 g/mol. The summed E-state index contributed by atoms with van der Waals surface area (Å²) in [7, 11) is 1.61. The number of hydrogen-bond acceptors (Lipinski definition) is 9. The Morgan fingerprint density at radius 1 is 1.09 bits per heavy atom. The number of para-hydroxylation sites is 1. The van der Waals surface area contributed by atoms with Crippen molar-refractivity contribution in [3.8, 4) is 17.2 Å². The van der Waals surface area contributed by atoms with Gasteiger partial charge in [-0.2, -0.15) is 0 Å². The maximum absolute atomic E-state index is 12.5. The molecule has 0 spiro atoms. The zero-order valence-electron chi connectivity index (χ0n) is 19.0. The fraction of sp³-hybridized carbons (Fsp3) is 0.261. The minimum absolute atomic E-state index is 0.150. The molecule has 0 aliphatic rings. The van der Waals surface area contributed by atoms with Gasteiger partial charge in [0.2, 0.25) is 11.0 Å². The Balaban J connectivity index is 1.52. The number of carbonyl (C=O) groups excluding carboxylic acids is 1. The third-order valence-electron chi connectivity index (χ3n) is 4.74. The summed E-state index contributed by atoms with van der Waals surface area (Å²) in [5.41, 5.74) is 0.878. The predicted octanol–water partition coefficient (Wildman–Crippen LogP) is 4.56. The molecule has 0 radical (unpaired) electrons. The van der Waals surface area contributed by atoms with Gasteiger partial charge in [-0.3, -0.25) is 14.7 Å². The summed E-state index contributed by atoms with van der Waals surface area (Å²) < 4.78 is 13.3. The number of carbonyl (C=O) groups is 1. The fourth-order valence-corrected chi connectivity index (χ4v) is 4.58. The Hall–Kier alpha value is -3.44. The van der Waals surface area contributed by atoms with Crippen molar-refractivity contribution in [1.29, 1.82) is 0 Å². The van der Waals surface area contributed by atoms with Crippen LogP contribution < -0.4 is 14.8 Å². The molecule has 0 saturated heterocycles. The molecule has 0 bridgehead atoms. The number of aromatic nitrogens is 5. The lowest BCUT2D eigenvalue weighted by Crippen LogP contribution is -2.15. The van der Waals surface area contributed by atoms with Crippen molar-refractivity contribution >= 4 is 34.1 Å². The van der Waals surface area contributed by atoms with Crippen LogP contribution in [0.3, 0.4) is 0 Å². The van der Waals surface area contributed by atoms with E-state index in [1.165, 1.54) is 23.1 Å². The first-order valence-electron chi connectivity index (χ1n) is 10.6. The van der Waals surface area contributed by atoms with Crippen molar-refractivity contribution in [2.24, 2.45) is 0 Å². The molecule has 0 saturated carbocycles. The van der Waals surface area contributed by atoms with E-state index in [1.54, 1.807) is 7.11 Å². The Labute approximate surface area is 205 Å². The van der Waals surface area contributed by atoms with E-state index < -0.39 is 6.10 Å². The van der Waals surface area contributed by atoms with Gasteiger partial charge in [0.15, 0.2) is 17.1 Å². The van der Waals surface area contributed by atoms with Gasteiger partial charge in [0.1, 0.15) is 16.5 Å². The fourth-order valence-electron chi connectivity index (χ4n) is 3.12. The number of hydrogen-bond donors (Lipinski definition) is 1. The van der Waals surface area contributed by atoms with E-state index in [2.05, 4.69) is 25.7 Å². The summed E-state index contributed by atoms with van der Waals surface area (Å²) in [4.78, 5) is 12.5. The zero-order chi connectivity index (χ0) is 23.9. The van der Waals surface area contributed by atoms with Gasteiger partial charge in [-0.1, -0.05) is 54.3 Å². The average Bonchev–Trinajstić information content (AvgIpc) is 3.50. The second-order valence-electron chi connectivity index (χ2n) is 7.14. The van der Waals surface area contributed by atoms with E-state index >= 15 is 0 Å². The molecule has 0 aliphatic carbocycles. The highest BCUT2D eigenvalue weighted by atomic mass is 32.2. The highest BCUT2D eigenvalue weighted by Crippen LogP contribution is 2.29. The number of amides is 1. The first-order chi connectivity index (χ1) is 16.6. The van der Waals surface area contributed by atoms with Gasteiger partial charge in [-0.25, -0.2) is 0 Å². The minimum Gasteiger partial charge on any atom is -0.497 e. The molecule has 2 heterocycles. The highest BCUT2D eigenvalue weighted by molar-refractivity contribution is 7.99. The number of rotatable bonds is 10. The highest BCUT2D eigenvalue weighted by Gasteiger charge is 2.22. The Morgan fingerprint density at radius 2 is 1.88 bits per heavy atom. The van der Waals surface area contributed by atoms with Crippen LogP contribution in [0.15, 0.2) is 59.8 Å². The number of methoxy groups -OCH3 is 1. The first kappa shape index (κ1) is 23.7. The van der Waals surface area contributed by atoms with E-state index in [0.717, 1.165) is 17.1 Å². The average molecular weight is 497 g/mol. The van der Waals surface area contributed by atoms with Gasteiger partial charge in [-0.05, 0) is 37.6 Å². The molecule has 4 rings (SSSR count). The molecule has 0 fully saturated rings. The van der Waals surface area contributed by atoms with Gasteiger partial charge in [0, 0.05) is 11.8 Å². The number of benzene rings is 2. The SMILES string of the molecule is CCc1nnc(NC(=O)CSc2nnc(C(C)Oc3cccc(OC)c3)n2-c2ccccc2)s1. The lowest BCUT2D eigenvalue weighted by atomic mass is 10.3. The van der Waals surface area contributed by atoms with E-state index in [9.17, 15) is 4.79 Å². The van der Waals surface area contributed by atoms with Crippen molar-refractivity contribution in [2.45, 2.75) is 31.5 Å². The molecule has 34 heavy (non-hydrogen) atoms. The molecule has 11 heteroatoms. The first-order valence-corrected chi connectivity index (χ1v) is 12.4. The summed E-state index contributed by atoms with van der Waals surface area (Å²) in [6, 6.07) is 17.1. The summed E-state index contributed by atoms with van der Waals surface area (Å²) in [5.74, 6) is 1.95. The molecular formula is C23H24N6O3S2. The van der Waals surface area contributed by atoms with Crippen molar-refractivity contribution in [3.63, 3.8) is 0 Å². The van der Waals surface area contributed by atoms with Crippen LogP contribution in [0, 0.1) is 0 Å². The van der Waals surface area contributed by atoms with Crippen LogP contribution in [-0.4, -0.2) is 43.7 Å². The lowest BCUT2D eigenvalue weighted by molar-refractivity contribution is -0.113. The van der Waals surface area contributed by atoms with Crippen molar-refractivity contribution < 1.29 is 14.3 Å². The predicted molar refractivity (Wildman–Crippen MR) is 132 cm³/mol. The van der Waals surface area contributed by atoms with Crippen LogP contribution >= 0.6 is 23.1 Å². The lowest BCUT2D eigenvalue weighted by Gasteiger charge is -2.17. The standard InChI is InChI=1S/C23H24N6O3S2/c1-4-20-25-27-22(34-20)24-19(30)14-33-23-28-26-21(29(23)16-9-6-5-7-10-16)15(2)32-18-12-8-11-17(13-18)31-3/h5-13,15H,4,14H2,1-3H3,(H,24,27,30). The van der Waals surface area contributed by atoms with E-state index in [4.69, 9.17) is 9.47 Å². The summed E-state index contributed by atoms with van der Waals surface area (Å²) in [6.07, 6.45) is 0.373. The number of thioether (sulfide) groups is 1. The second kappa shape index (κ2) is 11.1. The van der Waals surface area contributed by atoms with Crippen molar-refractivity contribution in [2.75, 3.05) is 18.2 Å². The van der Waals surface area contributed by atoms with Crippen LogP contribution in [0.1, 0.15) is 30.8 Å². The Kier molecular flexibility index (Phi) is 7.76. The zero-order valence-corrected chi connectivity index (χ0v) is 20.6. The molecule has 4 aromatic rings. The van der Waals surface area contributed by atoms with Crippen molar-refractivity contribution in [1.82, 2.24) is 25.0 Å². The third kappa shape index (κ3) is 5.72. The molecule has 2 aromatic heterocycles. The summed E-state index contributed by atoms with van der Waals surface area (Å²) in [5, 5.41) is 21.5. The largest absolute Gasteiger partial charge is 0.497 e. The normalized spacial score (nSPS) is 11.7. The number of nitrogens with zero attached hydrogens (tertiary/aromatic N) is 5. The van der Waals surface area contributed by atoms with Crippen LogP contribution in [0.2, 0.25) is 0 Å². The van der Waals surface area contributed by atoms with Gasteiger partial charge in [0.25, 0.3) is 0 Å². The Morgan fingerprint density at radius 3 is 2.62 bits per heavy atom. The molecule has 176 valence electrons. The number of nitrogens with one attached hydrogen (secondary N) is 1. The van der Waals surface area contributed by atoms with Crippen LogP contribution in [0.4, 0.5) is 5.13 Å². The van der Waals surface area contributed by atoms with Gasteiger partial charge < -0.3 is 9.47 Å². The number of anilines is 1. The third-order valence-corrected chi connectivity index (χ3v) is 6.65. The molecule has 2 aromatic carbocycles. The topological polar surface area (TPSA) is 104 Å². The molecule has 0 aliphatic heterocycles. The molecule has 1 amide bonds. The van der Waals surface area contributed by atoms with E-state index in [-0.39, 0.29) is 11.7 Å². The molecule has 1 atom stereocenters. The molecule has 9 nitrogen and oxygen atoms in total. The molecule has 1 N–H and O–H groups in total. The maximum Gasteiger partial charge on any atom is 0.236 e. The number of aryl methyl sites for hydroxylation is 1. The van der Waals surface area contributed by atoms with Gasteiger partial charge in [0.05, 0.1) is 12.9 Å². The molecular weight excluding hydrogens is 472 g/mol. The maximum atomic E-state index is 12.5. The second-order valence-corrected chi connectivity index (χ2v) is 9.15. The van der Waals surface area contributed by atoms with Gasteiger partial charge >= 0.3 is 0 Å². The van der Waals surface area contributed by atoms with E-state index in [0.29, 0.717) is 27.6 Å². The van der Waals surface area contributed by atoms with E-state index in [1.807, 2.05) is 73.0 Å². The quantitative estimate of drug-likeness (QED) is 0.319. The van der Waals surface area contributed by atoms with Gasteiger partial charge in [-0.15, -0.1) is 20.4 Å². The molecule has 1 unspecified atom stereocenters. The van der Waals surface area contributed by atoms with Crippen LogP contribution in [0.5, 0.6) is 11.5 Å². The van der Waals surface area contributed by atoms with Crippen LogP contribution in [0.25, 0.3) is 5.69 Å². The smallest absolute Gasteiger partial charge is 0.236 e. The Bertz CT molecular complexity index is 1240. The minimum atomic E-state index is -0.406. The summed E-state index contributed by atoms with van der Waals surface area (Å²) >= 11 is 2.66. The van der Waals surface area contributed by atoms with Crippen LogP contribution in [-0.2, 0) is 11.2 Å². The van der Waals surface area contributed by atoms with Crippen molar-refractivity contribution in [3.05, 3.63) is 65.4 Å².